The van der Waals surface area contributed by atoms with E-state index in [4.69, 9.17) is 22.1 Å². The molecule has 8 heteroatoms. The molecule has 1 saturated heterocycles. The maximum Gasteiger partial charge on any atom is 0.266 e. The van der Waals surface area contributed by atoms with Crippen molar-refractivity contribution in [3.05, 3.63) is 107 Å². The smallest absolute Gasteiger partial charge is 0.266 e. The maximum atomic E-state index is 14.8. The molecule has 0 atom stereocenters. The zero-order valence-corrected chi connectivity index (χ0v) is 21.8. The molecule has 0 saturated carbocycles. The molecule has 1 amide bonds. The van der Waals surface area contributed by atoms with E-state index < -0.39 is 5.82 Å². The first-order valence-electron chi connectivity index (χ1n) is 11.9. The van der Waals surface area contributed by atoms with Crippen LogP contribution in [0.1, 0.15) is 24.5 Å². The Balaban J connectivity index is 1.52. The lowest BCUT2D eigenvalue weighted by atomic mass is 10.1. The molecule has 3 aromatic carbocycles. The Morgan fingerprint density at radius 1 is 1.05 bits per heavy atom. The van der Waals surface area contributed by atoms with Gasteiger partial charge in [-0.2, -0.15) is 5.10 Å². The van der Waals surface area contributed by atoms with Crippen molar-refractivity contribution >= 4 is 40.3 Å². The number of para-hydroxylation sites is 1. The van der Waals surface area contributed by atoms with Crippen LogP contribution in [0, 0.1) is 5.82 Å². The largest absolute Gasteiger partial charge is 0.491 e. The van der Waals surface area contributed by atoms with Crippen LogP contribution in [0.25, 0.3) is 23.0 Å². The van der Waals surface area contributed by atoms with Crippen LogP contribution < -0.4 is 4.74 Å². The number of carbonyl (C=O) groups excluding carboxylic acids is 1. The molecule has 5 nitrogen and oxygen atoms in total. The number of rotatable bonds is 8. The molecule has 186 valence electrons. The van der Waals surface area contributed by atoms with Crippen LogP contribution in [0.5, 0.6) is 5.75 Å². The summed E-state index contributed by atoms with van der Waals surface area (Å²) in [6, 6.07) is 24.2. The van der Waals surface area contributed by atoms with E-state index >= 15 is 0 Å². The molecular formula is C29H24FN3O2S2. The van der Waals surface area contributed by atoms with Gasteiger partial charge in [-0.1, -0.05) is 79.4 Å². The lowest BCUT2D eigenvalue weighted by Gasteiger charge is -2.14. The van der Waals surface area contributed by atoms with Gasteiger partial charge in [0.05, 0.1) is 23.7 Å². The molecule has 0 aliphatic carbocycles. The average Bonchev–Trinajstić information content (AvgIpc) is 3.45. The number of thiocarbonyl (C=S) groups is 1. The zero-order chi connectivity index (χ0) is 25.8. The SMILES string of the molecule is CCCOc1ccc(-c2nn(-c3ccccc3)cc2/C=C2\SC(=S)N(Cc3ccccc3)C2=O)cc1F. The van der Waals surface area contributed by atoms with E-state index in [9.17, 15) is 9.18 Å². The molecule has 0 N–H and O–H groups in total. The van der Waals surface area contributed by atoms with Gasteiger partial charge in [-0.15, -0.1) is 0 Å². The van der Waals surface area contributed by atoms with Crippen molar-refractivity contribution in [2.75, 3.05) is 6.61 Å². The number of amides is 1. The van der Waals surface area contributed by atoms with Gasteiger partial charge in [-0.05, 0) is 48.4 Å². The minimum atomic E-state index is -0.458. The topological polar surface area (TPSA) is 47.4 Å². The number of hydrogen-bond donors (Lipinski definition) is 0. The normalized spacial score (nSPS) is 14.5. The molecule has 0 radical (unpaired) electrons. The summed E-state index contributed by atoms with van der Waals surface area (Å²) in [4.78, 5) is 15.4. The van der Waals surface area contributed by atoms with Gasteiger partial charge in [0.25, 0.3) is 5.91 Å². The van der Waals surface area contributed by atoms with E-state index in [0.717, 1.165) is 17.7 Å². The highest BCUT2D eigenvalue weighted by atomic mass is 32.2. The van der Waals surface area contributed by atoms with Crippen LogP contribution in [-0.4, -0.2) is 31.5 Å². The van der Waals surface area contributed by atoms with E-state index in [0.29, 0.717) is 39.2 Å². The molecule has 5 rings (SSSR count). The standard InChI is InChI=1S/C29H24FN3O2S2/c1-2-15-35-25-14-13-21(16-24(25)30)27-22(19-33(31-27)23-11-7-4-8-12-23)17-26-28(34)32(29(36)37-26)18-20-9-5-3-6-10-20/h3-14,16-17,19H,2,15,18H2,1H3/b26-17-. The second-order valence-corrected chi connectivity index (χ2v) is 10.1. The van der Waals surface area contributed by atoms with Crippen LogP contribution in [0.15, 0.2) is 90.0 Å². The number of hydrogen-bond acceptors (Lipinski definition) is 5. The summed E-state index contributed by atoms with van der Waals surface area (Å²) in [5.74, 6) is -0.413. The summed E-state index contributed by atoms with van der Waals surface area (Å²) in [5.41, 5.74) is 3.67. The molecule has 0 unspecified atom stereocenters. The molecule has 2 heterocycles. The van der Waals surface area contributed by atoms with Crippen LogP contribution in [0.3, 0.4) is 0 Å². The Labute approximate surface area is 224 Å². The van der Waals surface area contributed by atoms with Crippen LogP contribution >= 0.6 is 24.0 Å². The van der Waals surface area contributed by atoms with Gasteiger partial charge in [-0.25, -0.2) is 9.07 Å². The van der Waals surface area contributed by atoms with Gasteiger partial charge >= 0.3 is 0 Å². The van der Waals surface area contributed by atoms with Crippen molar-refractivity contribution in [3.63, 3.8) is 0 Å². The van der Waals surface area contributed by atoms with Gasteiger partial charge < -0.3 is 4.74 Å². The van der Waals surface area contributed by atoms with Crippen molar-refractivity contribution in [2.45, 2.75) is 19.9 Å². The number of nitrogens with zero attached hydrogens (tertiary/aromatic N) is 3. The van der Waals surface area contributed by atoms with Gasteiger partial charge in [0, 0.05) is 17.3 Å². The highest BCUT2D eigenvalue weighted by Crippen LogP contribution is 2.36. The molecule has 37 heavy (non-hydrogen) atoms. The minimum Gasteiger partial charge on any atom is -0.491 e. The summed E-state index contributed by atoms with van der Waals surface area (Å²) in [6.45, 7) is 2.82. The lowest BCUT2D eigenvalue weighted by molar-refractivity contribution is -0.122. The van der Waals surface area contributed by atoms with Gasteiger partial charge in [0.2, 0.25) is 0 Å². The Morgan fingerprint density at radius 3 is 2.49 bits per heavy atom. The highest BCUT2D eigenvalue weighted by Gasteiger charge is 2.32. The third kappa shape index (κ3) is 5.50. The number of halogens is 1. The van der Waals surface area contributed by atoms with E-state index in [1.807, 2.05) is 73.8 Å². The first-order valence-corrected chi connectivity index (χ1v) is 13.1. The highest BCUT2D eigenvalue weighted by molar-refractivity contribution is 8.26. The van der Waals surface area contributed by atoms with Crippen molar-refractivity contribution < 1.29 is 13.9 Å². The Bertz CT molecular complexity index is 1470. The number of carbonyl (C=O) groups is 1. The fourth-order valence-electron chi connectivity index (χ4n) is 3.95. The number of benzene rings is 3. The molecule has 0 spiro atoms. The minimum absolute atomic E-state index is 0.160. The van der Waals surface area contributed by atoms with E-state index in [1.54, 1.807) is 27.8 Å². The van der Waals surface area contributed by atoms with E-state index in [2.05, 4.69) is 0 Å². The van der Waals surface area contributed by atoms with Crippen LogP contribution in [-0.2, 0) is 11.3 Å². The average molecular weight is 530 g/mol. The van der Waals surface area contributed by atoms with Gasteiger partial charge in [0.1, 0.15) is 10.0 Å². The van der Waals surface area contributed by atoms with Crippen molar-refractivity contribution in [1.82, 2.24) is 14.7 Å². The van der Waals surface area contributed by atoms with Crippen molar-refractivity contribution in [3.8, 4) is 22.7 Å². The van der Waals surface area contributed by atoms with Gasteiger partial charge in [-0.3, -0.25) is 9.69 Å². The summed E-state index contributed by atoms with van der Waals surface area (Å²) < 4.78 is 22.6. The zero-order valence-electron chi connectivity index (χ0n) is 20.1. The third-order valence-corrected chi connectivity index (χ3v) is 7.15. The van der Waals surface area contributed by atoms with E-state index in [1.165, 1.54) is 17.8 Å². The number of ether oxygens (including phenoxy) is 1. The summed E-state index contributed by atoms with van der Waals surface area (Å²) in [7, 11) is 0. The lowest BCUT2D eigenvalue weighted by Crippen LogP contribution is -2.27. The summed E-state index contributed by atoms with van der Waals surface area (Å²) in [6.07, 6.45) is 4.41. The number of aromatic nitrogens is 2. The number of thioether (sulfide) groups is 1. The Hall–Kier alpha value is -3.75. The monoisotopic (exact) mass is 529 g/mol. The first-order chi connectivity index (χ1) is 18.0. The molecule has 4 aromatic rings. The Morgan fingerprint density at radius 2 is 1.78 bits per heavy atom. The molecule has 1 aliphatic rings. The predicted molar refractivity (Wildman–Crippen MR) is 150 cm³/mol. The van der Waals surface area contributed by atoms with Crippen molar-refractivity contribution in [1.29, 1.82) is 0 Å². The summed E-state index contributed by atoms with van der Waals surface area (Å²) >= 11 is 6.78. The molecule has 1 aromatic heterocycles. The second-order valence-electron chi connectivity index (χ2n) is 8.46. The van der Waals surface area contributed by atoms with Crippen LogP contribution in [0.4, 0.5) is 4.39 Å². The van der Waals surface area contributed by atoms with Crippen molar-refractivity contribution in [2.24, 2.45) is 0 Å². The molecule has 0 bridgehead atoms. The molecule has 1 aliphatic heterocycles. The quantitative estimate of drug-likeness (QED) is 0.184. The van der Waals surface area contributed by atoms with Crippen LogP contribution in [0.2, 0.25) is 0 Å². The summed E-state index contributed by atoms with van der Waals surface area (Å²) in [5, 5.41) is 4.75. The predicted octanol–water partition coefficient (Wildman–Crippen LogP) is 6.87. The molecule has 1 fully saturated rings. The molecular weight excluding hydrogens is 505 g/mol. The fourth-order valence-corrected chi connectivity index (χ4v) is 5.20. The fraction of sp³-hybridized carbons (Fsp3) is 0.138. The second kappa shape index (κ2) is 11.1. The van der Waals surface area contributed by atoms with E-state index in [-0.39, 0.29) is 11.7 Å². The van der Waals surface area contributed by atoms with Gasteiger partial charge in [0.15, 0.2) is 11.6 Å². The Kier molecular flexibility index (Phi) is 7.48. The first kappa shape index (κ1) is 24.9. The third-order valence-electron chi connectivity index (χ3n) is 5.77. The maximum absolute atomic E-state index is 14.8.